The van der Waals surface area contributed by atoms with Crippen molar-refractivity contribution < 1.29 is 15.0 Å². The third-order valence-electron chi connectivity index (χ3n) is 1.84. The van der Waals surface area contributed by atoms with Gasteiger partial charge >= 0.3 is 0 Å². The van der Waals surface area contributed by atoms with Crippen LogP contribution < -0.4 is 5.32 Å². The largest absolute Gasteiger partial charge is 0.394 e. The molecule has 80 valence electrons. The van der Waals surface area contributed by atoms with E-state index in [4.69, 9.17) is 15.5 Å². The van der Waals surface area contributed by atoms with Gasteiger partial charge in [0, 0.05) is 0 Å². The Balaban J connectivity index is 4.10. The van der Waals surface area contributed by atoms with Gasteiger partial charge < -0.3 is 15.5 Å². The molecule has 0 radical (unpaired) electrons. The lowest BCUT2D eigenvalue weighted by Crippen LogP contribution is -2.42. The first kappa shape index (κ1) is 12.9. The van der Waals surface area contributed by atoms with Gasteiger partial charge in [-0.15, -0.1) is 0 Å². The van der Waals surface area contributed by atoms with Gasteiger partial charge in [0.05, 0.1) is 25.3 Å². The number of aliphatic hydroxyl groups excluding tert-OH is 2. The van der Waals surface area contributed by atoms with E-state index < -0.39 is 17.9 Å². The summed E-state index contributed by atoms with van der Waals surface area (Å²) in [7, 11) is 0. The van der Waals surface area contributed by atoms with Gasteiger partial charge in [0.2, 0.25) is 5.91 Å². The normalized spacial score (nSPS) is 12.2. The Labute approximate surface area is 83.4 Å². The van der Waals surface area contributed by atoms with E-state index in [-0.39, 0.29) is 13.2 Å². The predicted octanol–water partition coefficient (Wildman–Crippen LogP) is -0.604. The summed E-state index contributed by atoms with van der Waals surface area (Å²) in [5, 5.41) is 28.4. The Bertz CT molecular complexity index is 209. The molecule has 1 amide bonds. The average molecular weight is 200 g/mol. The molecule has 0 aliphatic heterocycles. The van der Waals surface area contributed by atoms with E-state index in [1.807, 2.05) is 13.0 Å². The van der Waals surface area contributed by atoms with Crippen LogP contribution in [0.25, 0.3) is 0 Å². The zero-order valence-corrected chi connectivity index (χ0v) is 8.23. The molecule has 0 aromatic carbocycles. The van der Waals surface area contributed by atoms with Crippen LogP contribution in [0.2, 0.25) is 0 Å². The number of nitrogens with zero attached hydrogens (tertiary/aromatic N) is 1. The highest BCUT2D eigenvalue weighted by molar-refractivity contribution is 5.81. The lowest BCUT2D eigenvalue weighted by molar-refractivity contribution is -0.124. The molecule has 5 heteroatoms. The smallest absolute Gasteiger partial charge is 0.237 e. The minimum atomic E-state index is -0.694. The fraction of sp³-hybridized carbons (Fsp3) is 0.778. The maximum atomic E-state index is 11.3. The fourth-order valence-electron chi connectivity index (χ4n) is 0.994. The monoisotopic (exact) mass is 200 g/mol. The van der Waals surface area contributed by atoms with Gasteiger partial charge in [-0.25, -0.2) is 0 Å². The summed E-state index contributed by atoms with van der Waals surface area (Å²) in [4.78, 5) is 11.3. The van der Waals surface area contributed by atoms with E-state index in [1.54, 1.807) is 0 Å². The quantitative estimate of drug-likeness (QED) is 0.533. The van der Waals surface area contributed by atoms with E-state index in [9.17, 15) is 4.79 Å². The molecule has 0 fully saturated rings. The molecule has 1 atom stereocenters. The Kier molecular flexibility index (Phi) is 6.72. The first-order chi connectivity index (χ1) is 6.69. The molecule has 0 spiro atoms. The zero-order chi connectivity index (χ0) is 11.0. The number of nitriles is 1. The van der Waals surface area contributed by atoms with Crippen LogP contribution in [0.3, 0.4) is 0 Å². The van der Waals surface area contributed by atoms with Gasteiger partial charge in [0.25, 0.3) is 0 Å². The van der Waals surface area contributed by atoms with Crippen molar-refractivity contribution in [3.05, 3.63) is 0 Å². The van der Waals surface area contributed by atoms with Crippen LogP contribution in [-0.2, 0) is 4.79 Å². The third-order valence-corrected chi connectivity index (χ3v) is 1.84. The van der Waals surface area contributed by atoms with Crippen LogP contribution in [0, 0.1) is 17.2 Å². The Hall–Kier alpha value is -1.12. The highest BCUT2D eigenvalue weighted by Gasteiger charge is 2.19. The minimum Gasteiger partial charge on any atom is -0.394 e. The topological polar surface area (TPSA) is 93.4 Å². The third kappa shape index (κ3) is 4.21. The van der Waals surface area contributed by atoms with Gasteiger partial charge in [-0.2, -0.15) is 5.26 Å². The van der Waals surface area contributed by atoms with Crippen LogP contribution in [0.15, 0.2) is 0 Å². The molecule has 0 aliphatic carbocycles. The van der Waals surface area contributed by atoms with Crippen molar-refractivity contribution in [1.29, 1.82) is 5.26 Å². The molecule has 0 saturated carbocycles. The molecule has 0 aromatic rings. The highest BCUT2D eigenvalue weighted by Crippen LogP contribution is 2.04. The Morgan fingerprint density at radius 1 is 1.50 bits per heavy atom. The van der Waals surface area contributed by atoms with E-state index in [0.29, 0.717) is 6.42 Å². The van der Waals surface area contributed by atoms with Crippen molar-refractivity contribution >= 4 is 5.91 Å². The summed E-state index contributed by atoms with van der Waals surface area (Å²) in [6, 6.07) is 1.21. The van der Waals surface area contributed by atoms with Crippen molar-refractivity contribution in [2.45, 2.75) is 25.8 Å². The zero-order valence-electron chi connectivity index (χ0n) is 8.23. The molecule has 0 saturated heterocycles. The number of rotatable bonds is 6. The van der Waals surface area contributed by atoms with Crippen molar-refractivity contribution in [3.8, 4) is 6.07 Å². The SMILES string of the molecule is CCCC(C#N)C(=O)NC(CO)CO. The molecule has 5 nitrogen and oxygen atoms in total. The van der Waals surface area contributed by atoms with Crippen LogP contribution in [0.4, 0.5) is 0 Å². The van der Waals surface area contributed by atoms with Gasteiger partial charge in [-0.05, 0) is 6.42 Å². The number of amides is 1. The van der Waals surface area contributed by atoms with Crippen molar-refractivity contribution in [1.82, 2.24) is 5.32 Å². The standard InChI is InChI=1S/C9H16N2O3/c1-2-3-7(4-10)9(14)11-8(5-12)6-13/h7-8,12-13H,2-3,5-6H2,1H3,(H,11,14). The second-order valence-electron chi connectivity index (χ2n) is 3.04. The van der Waals surface area contributed by atoms with Crippen molar-refractivity contribution in [3.63, 3.8) is 0 Å². The molecule has 0 rings (SSSR count). The number of carbonyl (C=O) groups excluding carboxylic acids is 1. The van der Waals surface area contributed by atoms with Crippen LogP contribution in [0.5, 0.6) is 0 Å². The number of aliphatic hydroxyl groups is 2. The van der Waals surface area contributed by atoms with E-state index in [2.05, 4.69) is 5.32 Å². The maximum absolute atomic E-state index is 11.3. The molecule has 0 aromatic heterocycles. The number of nitrogens with one attached hydrogen (secondary N) is 1. The summed E-state index contributed by atoms with van der Waals surface area (Å²) in [6.45, 7) is 1.23. The van der Waals surface area contributed by atoms with Crippen LogP contribution in [0.1, 0.15) is 19.8 Å². The number of hydrogen-bond donors (Lipinski definition) is 3. The molecule has 0 bridgehead atoms. The minimum absolute atomic E-state index is 0.327. The fourth-order valence-corrected chi connectivity index (χ4v) is 0.994. The van der Waals surface area contributed by atoms with E-state index >= 15 is 0 Å². The van der Waals surface area contributed by atoms with Gasteiger partial charge in [0.1, 0.15) is 5.92 Å². The Morgan fingerprint density at radius 2 is 2.07 bits per heavy atom. The van der Waals surface area contributed by atoms with E-state index in [0.717, 1.165) is 6.42 Å². The summed E-state index contributed by atoms with van der Waals surface area (Å²) in [5.74, 6) is -1.12. The summed E-state index contributed by atoms with van der Waals surface area (Å²) in [6.07, 6.45) is 1.24. The van der Waals surface area contributed by atoms with Crippen LogP contribution >= 0.6 is 0 Å². The average Bonchev–Trinajstić information content (AvgIpc) is 2.22. The first-order valence-corrected chi connectivity index (χ1v) is 4.61. The second-order valence-corrected chi connectivity index (χ2v) is 3.04. The van der Waals surface area contributed by atoms with Gasteiger partial charge in [-0.1, -0.05) is 13.3 Å². The lowest BCUT2D eigenvalue weighted by Gasteiger charge is -2.15. The molecule has 3 N–H and O–H groups in total. The van der Waals surface area contributed by atoms with Crippen molar-refractivity contribution in [2.75, 3.05) is 13.2 Å². The van der Waals surface area contributed by atoms with Crippen LogP contribution in [-0.4, -0.2) is 35.4 Å². The number of carbonyl (C=O) groups is 1. The number of hydrogen-bond acceptors (Lipinski definition) is 4. The summed E-state index contributed by atoms with van der Waals surface area (Å²) in [5.41, 5.74) is 0. The summed E-state index contributed by atoms with van der Waals surface area (Å²) < 4.78 is 0. The summed E-state index contributed by atoms with van der Waals surface area (Å²) >= 11 is 0. The van der Waals surface area contributed by atoms with Crippen molar-refractivity contribution in [2.24, 2.45) is 5.92 Å². The highest BCUT2D eigenvalue weighted by atomic mass is 16.3. The molecule has 0 heterocycles. The van der Waals surface area contributed by atoms with Gasteiger partial charge in [-0.3, -0.25) is 4.79 Å². The van der Waals surface area contributed by atoms with Gasteiger partial charge in [0.15, 0.2) is 0 Å². The second kappa shape index (κ2) is 7.30. The Morgan fingerprint density at radius 3 is 2.43 bits per heavy atom. The van der Waals surface area contributed by atoms with E-state index in [1.165, 1.54) is 0 Å². The molecule has 1 unspecified atom stereocenters. The molecule has 0 aliphatic rings. The first-order valence-electron chi connectivity index (χ1n) is 4.61. The predicted molar refractivity (Wildman–Crippen MR) is 50.1 cm³/mol. The molecular weight excluding hydrogens is 184 g/mol. The molecular formula is C9H16N2O3. The lowest BCUT2D eigenvalue weighted by atomic mass is 10.0. The molecule has 14 heavy (non-hydrogen) atoms. The maximum Gasteiger partial charge on any atom is 0.237 e.